The summed E-state index contributed by atoms with van der Waals surface area (Å²) in [6.45, 7) is 6.57. The molecule has 0 N–H and O–H groups in total. The Morgan fingerprint density at radius 1 is 0.892 bits per heavy atom. The van der Waals surface area contributed by atoms with E-state index in [1.54, 1.807) is 9.91 Å². The van der Waals surface area contributed by atoms with Gasteiger partial charge in [-0.1, -0.05) is 79.9 Å². The molecule has 6 heteroatoms. The standard InChI is InChI=1S/C31H35N3O3/c1-29(2,3)34-28(37)31(25(32-34)23-17-11-6-12-18-23)24(22-15-9-5-10-16-22)30(31)20-33(27(36)26(30)35)19-21-13-7-4-8-14-21/h4-5,7-10,13-16,23-24H,6,11-12,17-20H2,1-3H3/t24-,30?,31?/m0/s1. The molecule has 4 aliphatic rings. The number of fused-ring (bicyclic) bond motifs is 1. The molecule has 1 saturated heterocycles. The second-order valence-electron chi connectivity index (χ2n) is 12.2. The van der Waals surface area contributed by atoms with E-state index in [2.05, 4.69) is 0 Å². The van der Waals surface area contributed by atoms with E-state index < -0.39 is 28.1 Å². The van der Waals surface area contributed by atoms with Gasteiger partial charge in [0.15, 0.2) is 0 Å². The summed E-state index contributed by atoms with van der Waals surface area (Å²) in [6, 6.07) is 19.6. The van der Waals surface area contributed by atoms with Gasteiger partial charge in [0.25, 0.3) is 11.8 Å². The number of amides is 2. The van der Waals surface area contributed by atoms with Gasteiger partial charge in [0.2, 0.25) is 5.78 Å². The minimum absolute atomic E-state index is 0.114. The van der Waals surface area contributed by atoms with Crippen LogP contribution in [0.2, 0.25) is 0 Å². The van der Waals surface area contributed by atoms with Crippen molar-refractivity contribution in [2.75, 3.05) is 6.54 Å². The van der Waals surface area contributed by atoms with Crippen molar-refractivity contribution in [1.82, 2.24) is 9.91 Å². The molecule has 2 saturated carbocycles. The van der Waals surface area contributed by atoms with E-state index >= 15 is 0 Å². The number of hydrazone groups is 1. The molecule has 3 atom stereocenters. The third kappa shape index (κ3) is 3.30. The van der Waals surface area contributed by atoms with Gasteiger partial charge in [-0.3, -0.25) is 14.4 Å². The normalized spacial score (nSPS) is 30.1. The monoisotopic (exact) mass is 497 g/mol. The van der Waals surface area contributed by atoms with Crippen molar-refractivity contribution in [2.45, 2.75) is 70.9 Å². The van der Waals surface area contributed by atoms with Crippen LogP contribution in [0, 0.1) is 16.7 Å². The summed E-state index contributed by atoms with van der Waals surface area (Å²) in [4.78, 5) is 44.0. The van der Waals surface area contributed by atoms with Crippen molar-refractivity contribution in [2.24, 2.45) is 21.8 Å². The van der Waals surface area contributed by atoms with Gasteiger partial charge in [-0.05, 0) is 44.7 Å². The smallest absolute Gasteiger partial charge is 0.291 e. The molecule has 6 rings (SSSR count). The number of benzene rings is 2. The molecule has 2 aromatic rings. The lowest BCUT2D eigenvalue weighted by atomic mass is 9.75. The van der Waals surface area contributed by atoms with E-state index in [-0.39, 0.29) is 24.3 Å². The number of hydrogen-bond donors (Lipinski definition) is 0. The molecule has 0 bridgehead atoms. The average Bonchev–Trinajstić information content (AvgIpc) is 3.27. The van der Waals surface area contributed by atoms with Crippen LogP contribution in [0.3, 0.4) is 0 Å². The van der Waals surface area contributed by atoms with Crippen LogP contribution in [-0.2, 0) is 20.9 Å². The number of carbonyl (C=O) groups excluding carboxylic acids is 3. The van der Waals surface area contributed by atoms with E-state index in [1.165, 1.54) is 6.42 Å². The van der Waals surface area contributed by atoms with E-state index in [1.807, 2.05) is 81.4 Å². The summed E-state index contributed by atoms with van der Waals surface area (Å²) in [7, 11) is 0. The number of rotatable bonds is 4. The first kappa shape index (κ1) is 24.1. The van der Waals surface area contributed by atoms with Crippen molar-refractivity contribution in [1.29, 1.82) is 0 Å². The molecule has 2 aromatic carbocycles. The third-order valence-corrected chi connectivity index (χ3v) is 8.99. The molecule has 2 aliphatic heterocycles. The van der Waals surface area contributed by atoms with Crippen LogP contribution in [0.15, 0.2) is 65.8 Å². The van der Waals surface area contributed by atoms with Crippen molar-refractivity contribution in [3.05, 3.63) is 71.8 Å². The number of carbonyl (C=O) groups is 3. The van der Waals surface area contributed by atoms with Crippen LogP contribution in [0.1, 0.15) is 69.9 Å². The Balaban J connectivity index is 1.50. The first-order valence-electron chi connectivity index (χ1n) is 13.6. The fourth-order valence-corrected chi connectivity index (χ4v) is 7.38. The summed E-state index contributed by atoms with van der Waals surface area (Å²) in [5.41, 5.74) is 0.0273. The highest BCUT2D eigenvalue weighted by Crippen LogP contribution is 2.80. The molecule has 2 aliphatic carbocycles. The summed E-state index contributed by atoms with van der Waals surface area (Å²) in [6.07, 6.45) is 5.32. The Bertz CT molecular complexity index is 1280. The van der Waals surface area contributed by atoms with Gasteiger partial charge in [-0.2, -0.15) is 5.10 Å². The maximum absolute atomic E-state index is 14.6. The lowest BCUT2D eigenvalue weighted by Crippen LogP contribution is -2.45. The molecule has 2 amide bonds. The zero-order valence-corrected chi connectivity index (χ0v) is 21.9. The van der Waals surface area contributed by atoms with Gasteiger partial charge in [-0.15, -0.1) is 0 Å². The van der Waals surface area contributed by atoms with E-state index in [0.29, 0.717) is 6.54 Å². The summed E-state index contributed by atoms with van der Waals surface area (Å²) >= 11 is 0. The summed E-state index contributed by atoms with van der Waals surface area (Å²) < 4.78 is 0. The Labute approximate surface area is 218 Å². The Hall–Kier alpha value is -3.28. The van der Waals surface area contributed by atoms with Crippen LogP contribution < -0.4 is 0 Å². The molecule has 6 nitrogen and oxygen atoms in total. The number of hydrogen-bond acceptors (Lipinski definition) is 4. The lowest BCUT2D eigenvalue weighted by Gasteiger charge is -2.29. The second kappa shape index (κ2) is 8.37. The molecular weight excluding hydrogens is 462 g/mol. The number of ketones is 1. The first-order chi connectivity index (χ1) is 17.7. The zero-order valence-electron chi connectivity index (χ0n) is 21.9. The Morgan fingerprint density at radius 2 is 1.51 bits per heavy atom. The fourth-order valence-electron chi connectivity index (χ4n) is 7.38. The maximum Gasteiger partial charge on any atom is 0.291 e. The SMILES string of the molecule is CC(C)(C)N1N=C(C2CCCCC2)C2(C1=O)[C@@H](c1ccccc1)C21CN(Cc2ccccc2)C(=O)C1=O. The van der Waals surface area contributed by atoms with Gasteiger partial charge in [-0.25, -0.2) is 5.01 Å². The predicted octanol–water partition coefficient (Wildman–Crippen LogP) is 4.95. The highest BCUT2D eigenvalue weighted by molar-refractivity contribution is 6.45. The zero-order chi connectivity index (χ0) is 26.0. The van der Waals surface area contributed by atoms with Gasteiger partial charge >= 0.3 is 0 Å². The summed E-state index contributed by atoms with van der Waals surface area (Å²) in [5, 5.41) is 6.69. The Morgan fingerprint density at radius 3 is 2.14 bits per heavy atom. The van der Waals surface area contributed by atoms with Crippen LogP contribution in [0.5, 0.6) is 0 Å². The molecule has 2 unspecified atom stereocenters. The second-order valence-corrected chi connectivity index (χ2v) is 12.2. The largest absolute Gasteiger partial charge is 0.331 e. The van der Waals surface area contributed by atoms with E-state index in [4.69, 9.17) is 5.10 Å². The number of likely N-dealkylation sites (tertiary alicyclic amines) is 1. The summed E-state index contributed by atoms with van der Waals surface area (Å²) in [5.74, 6) is -1.26. The van der Waals surface area contributed by atoms with Gasteiger partial charge < -0.3 is 4.90 Å². The molecule has 192 valence electrons. The molecule has 2 heterocycles. The van der Waals surface area contributed by atoms with Crippen molar-refractivity contribution in [3.63, 3.8) is 0 Å². The number of nitrogens with zero attached hydrogens (tertiary/aromatic N) is 3. The predicted molar refractivity (Wildman–Crippen MR) is 142 cm³/mol. The van der Waals surface area contributed by atoms with Crippen LogP contribution >= 0.6 is 0 Å². The van der Waals surface area contributed by atoms with Gasteiger partial charge in [0, 0.05) is 24.9 Å². The van der Waals surface area contributed by atoms with Gasteiger partial charge in [0.1, 0.15) is 5.41 Å². The first-order valence-corrected chi connectivity index (χ1v) is 13.6. The van der Waals surface area contributed by atoms with Crippen molar-refractivity contribution >= 4 is 23.3 Å². The lowest BCUT2D eigenvalue weighted by molar-refractivity contribution is -0.143. The minimum atomic E-state index is -1.12. The van der Waals surface area contributed by atoms with E-state index in [9.17, 15) is 14.4 Å². The highest BCUT2D eigenvalue weighted by Gasteiger charge is 2.91. The molecule has 0 aromatic heterocycles. The average molecular weight is 498 g/mol. The highest BCUT2D eigenvalue weighted by atomic mass is 16.2. The van der Waals surface area contributed by atoms with Crippen LogP contribution in [-0.4, -0.2) is 45.3 Å². The minimum Gasteiger partial charge on any atom is -0.331 e. The number of Topliss-reactive ketones (excluding diaryl/α,β-unsaturated/α-hetero) is 1. The quantitative estimate of drug-likeness (QED) is 0.562. The Kier molecular flexibility index (Phi) is 5.45. The van der Waals surface area contributed by atoms with Crippen molar-refractivity contribution in [3.8, 4) is 0 Å². The molecule has 3 fully saturated rings. The molecule has 0 radical (unpaired) electrons. The molecule has 2 spiro atoms. The molecule has 37 heavy (non-hydrogen) atoms. The third-order valence-electron chi connectivity index (χ3n) is 8.99. The topological polar surface area (TPSA) is 70.1 Å². The molecular formula is C31H35N3O3. The van der Waals surface area contributed by atoms with Crippen LogP contribution in [0.4, 0.5) is 0 Å². The van der Waals surface area contributed by atoms with E-state index in [0.717, 1.165) is 42.5 Å². The van der Waals surface area contributed by atoms with Crippen LogP contribution in [0.25, 0.3) is 0 Å². The maximum atomic E-state index is 14.6. The fraction of sp³-hybridized carbons (Fsp3) is 0.484. The van der Waals surface area contributed by atoms with Gasteiger partial charge in [0.05, 0.1) is 16.7 Å². The van der Waals surface area contributed by atoms with Crippen molar-refractivity contribution < 1.29 is 14.4 Å².